The molecule has 0 aliphatic carbocycles. The van der Waals surface area contributed by atoms with Crippen LogP contribution in [0, 0.1) is 19.4 Å². The molecule has 164 valence electrons. The molecule has 2 aromatic carbocycles. The summed E-state index contributed by atoms with van der Waals surface area (Å²) >= 11 is 0. The van der Waals surface area contributed by atoms with Crippen LogP contribution in [0.5, 0.6) is 0 Å². The Labute approximate surface area is 184 Å². The van der Waals surface area contributed by atoms with E-state index in [1.165, 1.54) is 18.2 Å². The lowest BCUT2D eigenvalue weighted by Gasteiger charge is -2.32. The molecule has 1 fully saturated rings. The molecule has 3 rings (SSSR count). The fourth-order valence-corrected chi connectivity index (χ4v) is 5.16. The smallest absolute Gasteiger partial charge is 0.254 e. The van der Waals surface area contributed by atoms with Crippen molar-refractivity contribution in [1.82, 2.24) is 9.62 Å². The molecule has 8 heteroatoms. The van der Waals surface area contributed by atoms with Crippen LogP contribution in [0.1, 0.15) is 35.7 Å². The van der Waals surface area contributed by atoms with Crippen LogP contribution in [-0.4, -0.2) is 45.4 Å². The summed E-state index contributed by atoms with van der Waals surface area (Å²) in [5, 5.41) is 2.72. The molecular formula is C23H28N4O3S. The molecule has 1 atom stereocenters. The summed E-state index contributed by atoms with van der Waals surface area (Å²) in [6, 6.07) is 11.2. The summed E-state index contributed by atoms with van der Waals surface area (Å²) in [7, 11) is -1.71. The quantitative estimate of drug-likeness (QED) is 0.669. The number of anilines is 1. The summed E-state index contributed by atoms with van der Waals surface area (Å²) in [6.45, 7) is 13.1. The lowest BCUT2D eigenvalue weighted by Crippen LogP contribution is -2.42. The largest absolute Gasteiger partial charge is 0.331 e. The molecule has 7 nitrogen and oxygen atoms in total. The van der Waals surface area contributed by atoms with Crippen LogP contribution in [0.15, 0.2) is 47.4 Å². The number of rotatable bonds is 6. The van der Waals surface area contributed by atoms with Gasteiger partial charge in [0.2, 0.25) is 15.7 Å². The van der Waals surface area contributed by atoms with E-state index in [9.17, 15) is 13.2 Å². The van der Waals surface area contributed by atoms with Gasteiger partial charge in [-0.3, -0.25) is 4.79 Å². The Kier molecular flexibility index (Phi) is 7.11. The van der Waals surface area contributed by atoms with Gasteiger partial charge in [0.15, 0.2) is 0 Å². The van der Waals surface area contributed by atoms with E-state index in [4.69, 9.17) is 6.57 Å². The first-order chi connectivity index (χ1) is 14.7. The molecule has 0 unspecified atom stereocenters. The van der Waals surface area contributed by atoms with Crippen molar-refractivity contribution in [2.24, 2.45) is 5.92 Å². The summed E-state index contributed by atoms with van der Waals surface area (Å²) in [6.07, 6.45) is 1.88. The summed E-state index contributed by atoms with van der Waals surface area (Å²) in [5.74, 6) is -0.0633. The van der Waals surface area contributed by atoms with Crippen LogP contribution in [0.4, 0.5) is 11.4 Å². The first-order valence-electron chi connectivity index (χ1n) is 10.3. The third kappa shape index (κ3) is 5.50. The average molecular weight is 441 g/mol. The molecule has 1 saturated heterocycles. The predicted octanol–water partition coefficient (Wildman–Crippen LogP) is 3.81. The number of sulfonamides is 1. The van der Waals surface area contributed by atoms with Crippen LogP contribution >= 0.6 is 0 Å². The zero-order valence-electron chi connectivity index (χ0n) is 18.1. The van der Waals surface area contributed by atoms with E-state index in [1.54, 1.807) is 12.1 Å². The van der Waals surface area contributed by atoms with Gasteiger partial charge in [-0.15, -0.1) is 0 Å². The van der Waals surface area contributed by atoms with Gasteiger partial charge in [-0.05, 0) is 82.6 Å². The SMILES string of the molecule is [C-]#[N+]c1cc(S(=O)(=O)N[C@H](C)C2CCN(C)CC2)ccc1NC(=O)c1ccccc1C. The Morgan fingerprint density at radius 1 is 1.19 bits per heavy atom. The van der Waals surface area contributed by atoms with Gasteiger partial charge in [-0.25, -0.2) is 18.0 Å². The first kappa shape index (κ1) is 22.9. The van der Waals surface area contributed by atoms with Gasteiger partial charge in [0.25, 0.3) is 5.91 Å². The van der Waals surface area contributed by atoms with Gasteiger partial charge in [0, 0.05) is 17.3 Å². The molecule has 1 aliphatic heterocycles. The second-order valence-electron chi connectivity index (χ2n) is 8.11. The Hall–Kier alpha value is -2.73. The molecule has 0 spiro atoms. The zero-order chi connectivity index (χ0) is 22.6. The first-order valence-corrected chi connectivity index (χ1v) is 11.8. The van der Waals surface area contributed by atoms with E-state index in [0.717, 1.165) is 31.5 Å². The lowest BCUT2D eigenvalue weighted by molar-refractivity contribution is 0.102. The number of nitrogens with zero attached hydrogens (tertiary/aromatic N) is 2. The molecule has 31 heavy (non-hydrogen) atoms. The maximum Gasteiger partial charge on any atom is 0.254 e. The van der Waals surface area contributed by atoms with Gasteiger partial charge in [0.05, 0.1) is 11.5 Å². The minimum atomic E-state index is -3.78. The van der Waals surface area contributed by atoms with Crippen molar-refractivity contribution >= 4 is 27.3 Å². The summed E-state index contributed by atoms with van der Waals surface area (Å²) in [5.41, 5.74) is 1.68. The minimum absolute atomic E-state index is 0.0205. The second kappa shape index (κ2) is 9.60. The van der Waals surface area contributed by atoms with Crippen molar-refractivity contribution in [1.29, 1.82) is 0 Å². The predicted molar refractivity (Wildman–Crippen MR) is 122 cm³/mol. The normalized spacial score (nSPS) is 16.5. The fraction of sp³-hybridized carbons (Fsp3) is 0.391. The van der Waals surface area contributed by atoms with E-state index in [2.05, 4.69) is 26.8 Å². The molecule has 2 aromatic rings. The monoisotopic (exact) mass is 440 g/mol. The Balaban J connectivity index is 1.76. The van der Waals surface area contributed by atoms with E-state index < -0.39 is 10.0 Å². The van der Waals surface area contributed by atoms with Crippen LogP contribution in [0.2, 0.25) is 0 Å². The Bertz CT molecular complexity index is 1100. The van der Waals surface area contributed by atoms with Gasteiger partial charge in [0.1, 0.15) is 0 Å². The van der Waals surface area contributed by atoms with Gasteiger partial charge in [-0.2, -0.15) is 0 Å². The molecule has 0 aromatic heterocycles. The summed E-state index contributed by atoms with van der Waals surface area (Å²) in [4.78, 5) is 18.3. The van der Waals surface area contributed by atoms with Crippen molar-refractivity contribution in [3.8, 4) is 0 Å². The number of carbonyl (C=O) groups is 1. The molecule has 1 aliphatic rings. The molecule has 0 radical (unpaired) electrons. The molecular weight excluding hydrogens is 412 g/mol. The number of hydrogen-bond donors (Lipinski definition) is 2. The standard InChI is InChI=1S/C23H28N4O3S/c1-16-7-5-6-8-20(16)23(28)25-21-10-9-19(15-22(21)24-3)31(29,30)26-17(2)18-11-13-27(4)14-12-18/h5-10,15,17-18,26H,11-14H2,1-2,4H3,(H,25,28)/t17-/m1/s1. The summed E-state index contributed by atoms with van der Waals surface area (Å²) < 4.78 is 28.6. The number of benzene rings is 2. The highest BCUT2D eigenvalue weighted by atomic mass is 32.2. The lowest BCUT2D eigenvalue weighted by atomic mass is 9.91. The van der Waals surface area contributed by atoms with Gasteiger partial charge in [-0.1, -0.05) is 18.2 Å². The van der Waals surface area contributed by atoms with Crippen molar-refractivity contribution in [2.75, 3.05) is 25.5 Å². The third-order valence-corrected chi connectivity index (χ3v) is 7.41. The van der Waals surface area contributed by atoms with Crippen molar-refractivity contribution in [3.05, 3.63) is 65.0 Å². The van der Waals surface area contributed by atoms with Gasteiger partial charge >= 0.3 is 0 Å². The van der Waals surface area contributed by atoms with E-state index in [1.807, 2.05) is 26.0 Å². The van der Waals surface area contributed by atoms with E-state index >= 15 is 0 Å². The highest BCUT2D eigenvalue weighted by Gasteiger charge is 2.27. The van der Waals surface area contributed by atoms with E-state index in [-0.39, 0.29) is 34.1 Å². The molecule has 0 saturated carbocycles. The number of likely N-dealkylation sites (tertiary alicyclic amines) is 1. The minimum Gasteiger partial charge on any atom is -0.331 e. The average Bonchev–Trinajstić information content (AvgIpc) is 2.74. The van der Waals surface area contributed by atoms with Crippen molar-refractivity contribution < 1.29 is 13.2 Å². The number of carbonyl (C=O) groups excluding carboxylic acids is 1. The Morgan fingerprint density at radius 2 is 1.87 bits per heavy atom. The number of aryl methyl sites for hydroxylation is 1. The fourth-order valence-electron chi connectivity index (χ4n) is 3.83. The molecule has 0 bridgehead atoms. The molecule has 2 N–H and O–H groups in total. The maximum absolute atomic E-state index is 12.9. The topological polar surface area (TPSA) is 82.9 Å². The van der Waals surface area contributed by atoms with Crippen LogP contribution in [-0.2, 0) is 10.0 Å². The number of piperidine rings is 1. The second-order valence-corrected chi connectivity index (χ2v) is 9.82. The molecule has 1 amide bonds. The van der Waals surface area contributed by atoms with E-state index in [0.29, 0.717) is 5.56 Å². The third-order valence-electron chi connectivity index (χ3n) is 5.85. The number of hydrogen-bond acceptors (Lipinski definition) is 4. The zero-order valence-corrected chi connectivity index (χ0v) is 18.9. The number of nitrogens with one attached hydrogen (secondary N) is 2. The van der Waals surface area contributed by atoms with Crippen molar-refractivity contribution in [2.45, 2.75) is 37.6 Å². The highest BCUT2D eigenvalue weighted by molar-refractivity contribution is 7.89. The van der Waals surface area contributed by atoms with Crippen LogP contribution in [0.3, 0.4) is 0 Å². The van der Waals surface area contributed by atoms with Crippen LogP contribution < -0.4 is 10.0 Å². The number of amides is 1. The maximum atomic E-state index is 12.9. The Morgan fingerprint density at radius 3 is 2.52 bits per heavy atom. The van der Waals surface area contributed by atoms with Crippen LogP contribution in [0.25, 0.3) is 4.85 Å². The highest BCUT2D eigenvalue weighted by Crippen LogP contribution is 2.30. The molecule has 1 heterocycles. The van der Waals surface area contributed by atoms with Gasteiger partial charge < -0.3 is 10.2 Å². The van der Waals surface area contributed by atoms with Crippen molar-refractivity contribution in [3.63, 3.8) is 0 Å².